The maximum atomic E-state index is 13.9. The van der Waals surface area contributed by atoms with E-state index >= 15 is 0 Å². The average Bonchev–Trinajstić information content (AvgIpc) is 2.79. The summed E-state index contributed by atoms with van der Waals surface area (Å²) in [6, 6.07) is 7.61. The Hall–Kier alpha value is -2.51. The number of carbonyl (C=O) groups is 2. The number of hydrogen-bond donors (Lipinski definition) is 1. The Morgan fingerprint density at radius 1 is 1.23 bits per heavy atom. The minimum Gasteiger partial charge on any atom is -0.381 e. The van der Waals surface area contributed by atoms with Crippen molar-refractivity contribution in [2.45, 2.75) is 43.9 Å². The zero-order chi connectivity index (χ0) is 22.0. The molecule has 2 aliphatic rings. The van der Waals surface area contributed by atoms with E-state index in [0.717, 1.165) is 18.4 Å². The maximum Gasteiger partial charge on any atom is 0.252 e. The molecule has 164 valence electrons. The lowest BCUT2D eigenvalue weighted by Gasteiger charge is -2.42. The summed E-state index contributed by atoms with van der Waals surface area (Å²) in [7, 11) is 0. The third-order valence-corrected chi connectivity index (χ3v) is 6.74. The van der Waals surface area contributed by atoms with Crippen LogP contribution in [0.4, 0.5) is 0 Å². The van der Waals surface area contributed by atoms with E-state index in [4.69, 9.17) is 22.1 Å². The molecule has 2 N–H and O–H groups in total. The first-order valence-electron chi connectivity index (χ1n) is 10.7. The summed E-state index contributed by atoms with van der Waals surface area (Å²) < 4.78 is 5.59. The number of aromatic nitrogens is 2. The zero-order valence-electron chi connectivity index (χ0n) is 17.6. The highest BCUT2D eigenvalue weighted by Gasteiger charge is 2.45. The molecule has 31 heavy (non-hydrogen) atoms. The Morgan fingerprint density at radius 3 is 2.58 bits per heavy atom. The van der Waals surface area contributed by atoms with E-state index in [1.807, 2.05) is 29.2 Å². The number of piperidine rings is 1. The number of primary amides is 1. The highest BCUT2D eigenvalue weighted by molar-refractivity contribution is 6.30. The van der Waals surface area contributed by atoms with Gasteiger partial charge in [0.25, 0.3) is 5.91 Å². The Kier molecular flexibility index (Phi) is 6.25. The van der Waals surface area contributed by atoms with Gasteiger partial charge in [0.15, 0.2) is 0 Å². The molecule has 7 nitrogen and oxygen atoms in total. The van der Waals surface area contributed by atoms with Gasteiger partial charge in [-0.2, -0.15) is 0 Å². The van der Waals surface area contributed by atoms with Gasteiger partial charge in [0, 0.05) is 43.4 Å². The molecule has 1 aromatic carbocycles. The van der Waals surface area contributed by atoms with Gasteiger partial charge in [-0.3, -0.25) is 9.59 Å². The number of ether oxygens (including phenoxy) is 1. The zero-order valence-corrected chi connectivity index (χ0v) is 18.4. The minimum atomic E-state index is -0.600. The highest BCUT2D eigenvalue weighted by atomic mass is 35.5. The van der Waals surface area contributed by atoms with E-state index in [1.165, 1.54) is 6.20 Å². The quantitative estimate of drug-likeness (QED) is 0.784. The van der Waals surface area contributed by atoms with Crippen molar-refractivity contribution in [1.29, 1.82) is 0 Å². The second-order valence-corrected chi connectivity index (χ2v) is 8.82. The van der Waals surface area contributed by atoms with Crippen LogP contribution >= 0.6 is 11.6 Å². The summed E-state index contributed by atoms with van der Waals surface area (Å²) in [5, 5.41) is 0.656. The van der Waals surface area contributed by atoms with Crippen LogP contribution in [-0.4, -0.2) is 53.0 Å². The fraction of sp³-hybridized carbons (Fsp3) is 0.478. The molecule has 0 radical (unpaired) electrons. The lowest BCUT2D eigenvalue weighted by molar-refractivity contribution is -0.142. The van der Waals surface area contributed by atoms with Gasteiger partial charge in [-0.05, 0) is 50.3 Å². The van der Waals surface area contributed by atoms with Crippen molar-refractivity contribution in [3.8, 4) is 0 Å². The van der Waals surface area contributed by atoms with Gasteiger partial charge in [0.2, 0.25) is 5.91 Å². The van der Waals surface area contributed by atoms with E-state index in [-0.39, 0.29) is 11.8 Å². The van der Waals surface area contributed by atoms with Crippen LogP contribution in [0.5, 0.6) is 0 Å². The normalized spacial score (nSPS) is 21.0. The molecular formula is C23H27ClN4O3. The van der Waals surface area contributed by atoms with Gasteiger partial charge in [-0.15, -0.1) is 0 Å². The summed E-state index contributed by atoms with van der Waals surface area (Å²) in [5.41, 5.74) is 6.67. The van der Waals surface area contributed by atoms with Crippen molar-refractivity contribution >= 4 is 23.4 Å². The predicted octanol–water partition coefficient (Wildman–Crippen LogP) is 2.99. The molecule has 4 rings (SSSR count). The second-order valence-electron chi connectivity index (χ2n) is 8.38. The molecule has 3 heterocycles. The molecule has 1 aromatic heterocycles. The predicted molar refractivity (Wildman–Crippen MR) is 117 cm³/mol. The largest absolute Gasteiger partial charge is 0.381 e. The number of nitrogens with two attached hydrogens (primary N) is 1. The van der Waals surface area contributed by atoms with Crippen molar-refractivity contribution in [3.05, 3.63) is 58.1 Å². The first kappa shape index (κ1) is 21.7. The fourth-order valence-corrected chi connectivity index (χ4v) is 4.84. The molecule has 2 saturated heterocycles. The van der Waals surface area contributed by atoms with Crippen LogP contribution in [0, 0.1) is 6.92 Å². The van der Waals surface area contributed by atoms with Crippen molar-refractivity contribution in [1.82, 2.24) is 14.9 Å². The number of nitrogens with zero attached hydrogens (tertiary/aromatic N) is 3. The molecule has 2 aliphatic heterocycles. The second kappa shape index (κ2) is 8.93. The Bertz CT molecular complexity index is 973. The van der Waals surface area contributed by atoms with Crippen LogP contribution in [-0.2, 0) is 14.9 Å². The van der Waals surface area contributed by atoms with Crippen molar-refractivity contribution in [2.24, 2.45) is 5.73 Å². The van der Waals surface area contributed by atoms with Crippen LogP contribution in [0.15, 0.2) is 30.5 Å². The Balaban J connectivity index is 1.59. The Labute approximate surface area is 186 Å². The van der Waals surface area contributed by atoms with Crippen LogP contribution in [0.3, 0.4) is 0 Å². The van der Waals surface area contributed by atoms with Gasteiger partial charge in [0.05, 0.1) is 16.7 Å². The average molecular weight is 443 g/mol. The van der Waals surface area contributed by atoms with E-state index in [0.29, 0.717) is 61.2 Å². The maximum absolute atomic E-state index is 13.9. The SMILES string of the molecule is Cc1nc([C@H]2CCCN(C(=O)C3(c4ccc(Cl)cc4)CCOCC3)C2)ncc1C(N)=O. The smallest absolute Gasteiger partial charge is 0.252 e. The van der Waals surface area contributed by atoms with E-state index < -0.39 is 11.3 Å². The van der Waals surface area contributed by atoms with E-state index in [1.54, 1.807) is 6.92 Å². The van der Waals surface area contributed by atoms with Crippen molar-refractivity contribution in [2.75, 3.05) is 26.3 Å². The lowest BCUT2D eigenvalue weighted by atomic mass is 9.72. The van der Waals surface area contributed by atoms with Gasteiger partial charge in [-0.25, -0.2) is 9.97 Å². The van der Waals surface area contributed by atoms with Gasteiger partial charge in [-0.1, -0.05) is 23.7 Å². The Morgan fingerprint density at radius 2 is 1.94 bits per heavy atom. The number of aryl methyl sites for hydroxylation is 1. The summed E-state index contributed by atoms with van der Waals surface area (Å²) in [6.07, 6.45) is 4.57. The summed E-state index contributed by atoms with van der Waals surface area (Å²) in [5.74, 6) is 0.287. The molecule has 1 atom stereocenters. The fourth-order valence-electron chi connectivity index (χ4n) is 4.71. The third kappa shape index (κ3) is 4.29. The third-order valence-electron chi connectivity index (χ3n) is 6.49. The molecular weight excluding hydrogens is 416 g/mol. The lowest BCUT2D eigenvalue weighted by Crippen LogP contribution is -2.52. The molecule has 0 aliphatic carbocycles. The standard InChI is InChI=1S/C23H27ClN4O3/c1-15-19(20(25)29)13-26-21(27-15)16-3-2-10-28(14-16)22(30)23(8-11-31-12-9-23)17-4-6-18(24)7-5-17/h4-7,13,16H,2-3,8-12,14H2,1H3,(H2,25,29)/t16-/m0/s1. The van der Waals surface area contributed by atoms with E-state index in [2.05, 4.69) is 9.97 Å². The molecule has 2 fully saturated rings. The topological polar surface area (TPSA) is 98.4 Å². The summed E-state index contributed by atoms with van der Waals surface area (Å²) in [4.78, 5) is 36.2. The number of rotatable bonds is 4. The molecule has 8 heteroatoms. The van der Waals surface area contributed by atoms with Crippen molar-refractivity contribution < 1.29 is 14.3 Å². The van der Waals surface area contributed by atoms with Crippen molar-refractivity contribution in [3.63, 3.8) is 0 Å². The minimum absolute atomic E-state index is 0.0282. The van der Waals surface area contributed by atoms with Gasteiger partial charge >= 0.3 is 0 Å². The van der Waals surface area contributed by atoms with Crippen LogP contribution in [0.1, 0.15) is 59.0 Å². The molecule has 2 aromatic rings. The van der Waals surface area contributed by atoms with Gasteiger partial charge in [0.1, 0.15) is 5.82 Å². The van der Waals surface area contributed by atoms with Crippen LogP contribution in [0.25, 0.3) is 0 Å². The van der Waals surface area contributed by atoms with Crippen LogP contribution < -0.4 is 5.73 Å². The van der Waals surface area contributed by atoms with Gasteiger partial charge < -0.3 is 15.4 Å². The first-order chi connectivity index (χ1) is 14.9. The number of halogens is 1. The summed E-state index contributed by atoms with van der Waals surface area (Å²) >= 11 is 6.09. The number of likely N-dealkylation sites (tertiary alicyclic amines) is 1. The molecule has 2 amide bonds. The molecule has 0 spiro atoms. The van der Waals surface area contributed by atoms with E-state index in [9.17, 15) is 9.59 Å². The monoisotopic (exact) mass is 442 g/mol. The number of hydrogen-bond acceptors (Lipinski definition) is 5. The summed E-state index contributed by atoms with van der Waals surface area (Å²) in [6.45, 7) is 4.15. The first-order valence-corrected chi connectivity index (χ1v) is 11.0. The highest BCUT2D eigenvalue weighted by Crippen LogP contribution is 2.39. The number of carbonyl (C=O) groups excluding carboxylic acids is 2. The molecule has 0 saturated carbocycles. The number of amides is 2. The molecule has 0 unspecified atom stereocenters. The number of benzene rings is 1. The molecule has 0 bridgehead atoms. The van der Waals surface area contributed by atoms with Crippen LogP contribution in [0.2, 0.25) is 5.02 Å².